The van der Waals surface area contributed by atoms with Crippen LogP contribution in [0.15, 0.2) is 11.6 Å². The lowest BCUT2D eigenvalue weighted by Crippen LogP contribution is -2.24. The smallest absolute Gasteiger partial charge is 0.274 e. The number of rotatable bonds is 5. The monoisotopic (exact) mass is 236 g/mol. The Kier molecular flexibility index (Phi) is 4.75. The number of allylic oxidation sites excluding steroid dienone is 1. The van der Waals surface area contributed by atoms with Crippen molar-refractivity contribution in [1.29, 1.82) is 0 Å². The number of carbonyl (C=O) groups excluding carboxylic acids is 1. The number of aromatic amines is 1. The molecule has 1 aromatic heterocycles. The second kappa shape index (κ2) is 6.08. The molecule has 1 amide bonds. The van der Waals surface area contributed by atoms with E-state index in [1.807, 2.05) is 19.9 Å². The molecule has 0 saturated heterocycles. The fourth-order valence-electron chi connectivity index (χ4n) is 1.43. The third-order valence-corrected chi connectivity index (χ3v) is 2.37. The van der Waals surface area contributed by atoms with Crippen LogP contribution in [0.25, 0.3) is 0 Å². The van der Waals surface area contributed by atoms with E-state index in [-0.39, 0.29) is 11.6 Å². The summed E-state index contributed by atoms with van der Waals surface area (Å²) >= 11 is 0. The second-order valence-electron chi connectivity index (χ2n) is 4.21. The van der Waals surface area contributed by atoms with Gasteiger partial charge in [-0.3, -0.25) is 9.89 Å². The predicted octanol–water partition coefficient (Wildman–Crippen LogP) is 1.64. The summed E-state index contributed by atoms with van der Waals surface area (Å²) in [6, 6.07) is 0. The molecule has 0 fully saturated rings. The molecule has 1 rings (SSSR count). The predicted molar refractivity (Wildman–Crippen MR) is 68.8 cm³/mol. The third kappa shape index (κ3) is 3.62. The Morgan fingerprint density at radius 3 is 2.82 bits per heavy atom. The van der Waals surface area contributed by atoms with Crippen LogP contribution in [0.4, 0.5) is 5.69 Å². The molecule has 0 unspecified atom stereocenters. The van der Waals surface area contributed by atoms with E-state index in [0.717, 1.165) is 24.1 Å². The molecule has 0 aromatic carbocycles. The van der Waals surface area contributed by atoms with Gasteiger partial charge in [0.15, 0.2) is 5.69 Å². The van der Waals surface area contributed by atoms with Crippen molar-refractivity contribution >= 4 is 11.6 Å². The number of anilines is 1. The van der Waals surface area contributed by atoms with Gasteiger partial charge < -0.3 is 11.1 Å². The zero-order chi connectivity index (χ0) is 12.8. The van der Waals surface area contributed by atoms with E-state index in [2.05, 4.69) is 22.4 Å². The van der Waals surface area contributed by atoms with Crippen molar-refractivity contribution in [2.75, 3.05) is 12.3 Å². The number of hydrogen-bond acceptors (Lipinski definition) is 3. The highest BCUT2D eigenvalue weighted by molar-refractivity contribution is 5.97. The van der Waals surface area contributed by atoms with Crippen LogP contribution < -0.4 is 11.1 Å². The third-order valence-electron chi connectivity index (χ3n) is 2.37. The van der Waals surface area contributed by atoms with E-state index in [1.165, 1.54) is 0 Å². The minimum Gasteiger partial charge on any atom is -0.395 e. The van der Waals surface area contributed by atoms with E-state index in [4.69, 9.17) is 5.73 Å². The normalized spacial score (nSPS) is 10.1. The number of aryl methyl sites for hydroxylation is 1. The average Bonchev–Trinajstić information content (AvgIpc) is 2.60. The Morgan fingerprint density at radius 2 is 2.24 bits per heavy atom. The number of carbonyl (C=O) groups is 1. The fraction of sp³-hybridized carbons (Fsp3) is 0.500. The van der Waals surface area contributed by atoms with Gasteiger partial charge >= 0.3 is 0 Å². The molecule has 0 atom stereocenters. The molecule has 0 aliphatic carbocycles. The summed E-state index contributed by atoms with van der Waals surface area (Å²) in [4.78, 5) is 11.8. The Balaban J connectivity index is 2.66. The Bertz CT molecular complexity index is 416. The van der Waals surface area contributed by atoms with E-state index in [0.29, 0.717) is 12.2 Å². The van der Waals surface area contributed by atoms with Crippen LogP contribution in [0.1, 0.15) is 43.4 Å². The van der Waals surface area contributed by atoms with Gasteiger partial charge in [-0.15, -0.1) is 0 Å². The summed E-state index contributed by atoms with van der Waals surface area (Å²) in [5.41, 5.74) is 8.59. The van der Waals surface area contributed by atoms with Crippen molar-refractivity contribution in [1.82, 2.24) is 15.5 Å². The van der Waals surface area contributed by atoms with Crippen molar-refractivity contribution in [2.24, 2.45) is 0 Å². The molecule has 4 N–H and O–H groups in total. The van der Waals surface area contributed by atoms with Crippen molar-refractivity contribution in [2.45, 2.75) is 33.6 Å². The maximum atomic E-state index is 11.8. The van der Waals surface area contributed by atoms with Crippen LogP contribution in [0, 0.1) is 0 Å². The van der Waals surface area contributed by atoms with Gasteiger partial charge in [0.2, 0.25) is 0 Å². The molecule has 1 aromatic rings. The summed E-state index contributed by atoms with van der Waals surface area (Å²) < 4.78 is 0. The molecule has 0 aliphatic heterocycles. The van der Waals surface area contributed by atoms with Gasteiger partial charge in [-0.2, -0.15) is 5.10 Å². The highest BCUT2D eigenvalue weighted by Gasteiger charge is 2.15. The Morgan fingerprint density at radius 1 is 1.53 bits per heavy atom. The Labute approximate surface area is 101 Å². The SMILES string of the molecule is CCCc1[nH]nc(C(=O)NCC=C(C)C)c1N. The molecule has 17 heavy (non-hydrogen) atoms. The van der Waals surface area contributed by atoms with Gasteiger partial charge in [0, 0.05) is 6.54 Å². The summed E-state index contributed by atoms with van der Waals surface area (Å²) in [6.45, 7) is 6.51. The van der Waals surface area contributed by atoms with E-state index in [9.17, 15) is 4.79 Å². The molecule has 0 radical (unpaired) electrons. The van der Waals surface area contributed by atoms with Gasteiger partial charge in [0.05, 0.1) is 11.4 Å². The van der Waals surface area contributed by atoms with Crippen molar-refractivity contribution in [3.05, 3.63) is 23.0 Å². The van der Waals surface area contributed by atoms with E-state index < -0.39 is 0 Å². The first-order chi connectivity index (χ1) is 8.06. The zero-order valence-electron chi connectivity index (χ0n) is 10.6. The van der Waals surface area contributed by atoms with Gasteiger partial charge in [-0.1, -0.05) is 25.0 Å². The van der Waals surface area contributed by atoms with E-state index in [1.54, 1.807) is 0 Å². The largest absolute Gasteiger partial charge is 0.395 e. The topological polar surface area (TPSA) is 83.8 Å². The first-order valence-corrected chi connectivity index (χ1v) is 5.80. The standard InChI is InChI=1S/C12H20N4O/c1-4-5-9-10(13)11(16-15-9)12(17)14-7-6-8(2)3/h6H,4-5,7,13H2,1-3H3,(H,14,17)(H,15,16). The molecule has 0 bridgehead atoms. The van der Waals surface area contributed by atoms with E-state index >= 15 is 0 Å². The van der Waals surface area contributed by atoms with Gasteiger partial charge in [-0.05, 0) is 20.3 Å². The molecule has 5 heteroatoms. The maximum absolute atomic E-state index is 11.8. The average molecular weight is 236 g/mol. The maximum Gasteiger partial charge on any atom is 0.274 e. The highest BCUT2D eigenvalue weighted by atomic mass is 16.1. The zero-order valence-corrected chi connectivity index (χ0v) is 10.6. The number of nitrogens with one attached hydrogen (secondary N) is 2. The number of H-pyrrole nitrogens is 1. The lowest BCUT2D eigenvalue weighted by atomic mass is 10.2. The van der Waals surface area contributed by atoms with Crippen LogP contribution in [-0.2, 0) is 6.42 Å². The van der Waals surface area contributed by atoms with Crippen molar-refractivity contribution in [3.63, 3.8) is 0 Å². The molecule has 0 spiro atoms. The number of hydrogen-bond donors (Lipinski definition) is 3. The van der Waals surface area contributed by atoms with Crippen molar-refractivity contribution in [3.8, 4) is 0 Å². The number of aromatic nitrogens is 2. The van der Waals surface area contributed by atoms with Crippen LogP contribution >= 0.6 is 0 Å². The lowest BCUT2D eigenvalue weighted by molar-refractivity contribution is 0.0954. The lowest BCUT2D eigenvalue weighted by Gasteiger charge is -2.01. The summed E-state index contributed by atoms with van der Waals surface area (Å²) in [5.74, 6) is -0.237. The summed E-state index contributed by atoms with van der Waals surface area (Å²) in [7, 11) is 0. The molecule has 1 heterocycles. The minimum absolute atomic E-state index is 0.237. The first-order valence-electron chi connectivity index (χ1n) is 5.80. The van der Waals surface area contributed by atoms with Crippen LogP contribution in [0.2, 0.25) is 0 Å². The van der Waals surface area contributed by atoms with Crippen molar-refractivity contribution < 1.29 is 4.79 Å². The number of amides is 1. The number of nitrogens with two attached hydrogens (primary N) is 1. The highest BCUT2D eigenvalue weighted by Crippen LogP contribution is 2.15. The summed E-state index contributed by atoms with van der Waals surface area (Å²) in [6.07, 6.45) is 3.71. The quantitative estimate of drug-likeness (QED) is 0.679. The van der Waals surface area contributed by atoms with Crippen LogP contribution in [0.5, 0.6) is 0 Å². The van der Waals surface area contributed by atoms with Gasteiger partial charge in [-0.25, -0.2) is 0 Å². The molecule has 0 aliphatic rings. The molecule has 5 nitrogen and oxygen atoms in total. The summed E-state index contributed by atoms with van der Waals surface area (Å²) in [5, 5.41) is 9.50. The second-order valence-corrected chi connectivity index (χ2v) is 4.21. The molecule has 94 valence electrons. The Hall–Kier alpha value is -1.78. The number of nitrogens with zero attached hydrogens (tertiary/aromatic N) is 1. The fourth-order valence-corrected chi connectivity index (χ4v) is 1.43. The van der Waals surface area contributed by atoms with Gasteiger partial charge in [0.25, 0.3) is 5.91 Å². The molecule has 0 saturated carbocycles. The molecular formula is C12H20N4O. The minimum atomic E-state index is -0.237. The first kappa shape index (κ1) is 13.3. The van der Waals surface area contributed by atoms with Crippen LogP contribution in [-0.4, -0.2) is 22.6 Å². The van der Waals surface area contributed by atoms with Crippen LogP contribution in [0.3, 0.4) is 0 Å². The van der Waals surface area contributed by atoms with Gasteiger partial charge in [0.1, 0.15) is 0 Å². The molecular weight excluding hydrogens is 216 g/mol. The number of nitrogen functional groups attached to an aromatic ring is 1.